The molecule has 2 aromatic rings. The molecule has 0 radical (unpaired) electrons. The molecule has 1 aliphatic heterocycles. The zero-order valence-corrected chi connectivity index (χ0v) is 15.8. The largest absolute Gasteiger partial charge is 0.494 e. The molecular weight excluding hydrogens is 377 g/mol. The molecule has 1 atom stereocenters. The highest BCUT2D eigenvalue weighted by molar-refractivity contribution is 6.31. The summed E-state index contributed by atoms with van der Waals surface area (Å²) in [7, 11) is 0. The van der Waals surface area contributed by atoms with E-state index >= 15 is 0 Å². The van der Waals surface area contributed by atoms with E-state index in [0.29, 0.717) is 36.0 Å². The lowest BCUT2D eigenvalue weighted by Gasteiger charge is -2.36. The number of hydrogen-bond donors (Lipinski definition) is 1. The van der Waals surface area contributed by atoms with Crippen molar-refractivity contribution in [3.8, 4) is 5.75 Å². The third-order valence-electron chi connectivity index (χ3n) is 4.65. The molecule has 0 amide bonds. The number of halogens is 4. The summed E-state index contributed by atoms with van der Waals surface area (Å²) >= 11 is 6.39. The minimum atomic E-state index is -4.42. The van der Waals surface area contributed by atoms with Crippen molar-refractivity contribution in [1.82, 2.24) is 10.2 Å². The molecule has 0 spiro atoms. The minimum absolute atomic E-state index is 0.317. The van der Waals surface area contributed by atoms with Gasteiger partial charge in [0, 0.05) is 36.8 Å². The molecule has 0 saturated carbocycles. The first-order chi connectivity index (χ1) is 12.9. The van der Waals surface area contributed by atoms with E-state index in [-0.39, 0.29) is 0 Å². The van der Waals surface area contributed by atoms with E-state index in [0.717, 1.165) is 30.8 Å². The van der Waals surface area contributed by atoms with Crippen molar-refractivity contribution < 1.29 is 17.9 Å². The quantitative estimate of drug-likeness (QED) is 0.786. The van der Waals surface area contributed by atoms with Crippen LogP contribution >= 0.6 is 11.6 Å². The average Bonchev–Trinajstić information content (AvgIpc) is 2.65. The van der Waals surface area contributed by atoms with Crippen LogP contribution in [0.2, 0.25) is 5.02 Å². The standard InChI is InChI=1S/C20H22ClF3N2O/c1-2-27-18-6-4-3-5-15(18)19(26-11-9-25-10-12-26)16-13-14(20(22,23)24)7-8-17(16)21/h3-8,13,19,25H,2,9-12H2,1H3. The molecular formula is C20H22ClF3N2O. The monoisotopic (exact) mass is 398 g/mol. The van der Waals surface area contributed by atoms with E-state index in [9.17, 15) is 13.2 Å². The summed E-state index contributed by atoms with van der Waals surface area (Å²) in [6.45, 7) is 5.30. The number of piperazine rings is 1. The molecule has 1 saturated heterocycles. The molecule has 1 N–H and O–H groups in total. The van der Waals surface area contributed by atoms with Crippen LogP contribution in [0, 0.1) is 0 Å². The van der Waals surface area contributed by atoms with Gasteiger partial charge in [0.15, 0.2) is 0 Å². The fourth-order valence-corrected chi connectivity index (χ4v) is 3.65. The van der Waals surface area contributed by atoms with E-state index in [1.54, 1.807) is 0 Å². The second-order valence-electron chi connectivity index (χ2n) is 6.39. The Balaban J connectivity index is 2.14. The molecule has 0 aromatic heterocycles. The predicted octanol–water partition coefficient (Wildman–Crippen LogP) is 4.75. The van der Waals surface area contributed by atoms with Gasteiger partial charge in [-0.2, -0.15) is 13.2 Å². The molecule has 146 valence electrons. The third-order valence-corrected chi connectivity index (χ3v) is 4.99. The molecule has 1 fully saturated rings. The molecule has 3 nitrogen and oxygen atoms in total. The highest BCUT2D eigenvalue weighted by Gasteiger charge is 2.34. The van der Waals surface area contributed by atoms with Crippen LogP contribution < -0.4 is 10.1 Å². The van der Waals surface area contributed by atoms with E-state index < -0.39 is 17.8 Å². The van der Waals surface area contributed by atoms with E-state index in [1.807, 2.05) is 31.2 Å². The van der Waals surface area contributed by atoms with Crippen LogP contribution in [-0.2, 0) is 6.18 Å². The van der Waals surface area contributed by atoms with Crippen molar-refractivity contribution >= 4 is 11.6 Å². The van der Waals surface area contributed by atoms with E-state index in [4.69, 9.17) is 16.3 Å². The SMILES string of the molecule is CCOc1ccccc1C(c1cc(C(F)(F)F)ccc1Cl)N1CCNCC1. The number of benzene rings is 2. The Hall–Kier alpha value is -1.76. The van der Waals surface area contributed by atoms with Gasteiger partial charge in [-0.3, -0.25) is 4.90 Å². The van der Waals surface area contributed by atoms with Crippen LogP contribution in [0.4, 0.5) is 13.2 Å². The normalized spacial score (nSPS) is 16.9. The maximum absolute atomic E-state index is 13.3. The zero-order chi connectivity index (χ0) is 19.4. The molecule has 0 aliphatic carbocycles. The number of nitrogens with zero attached hydrogens (tertiary/aromatic N) is 1. The number of rotatable bonds is 5. The van der Waals surface area contributed by atoms with Gasteiger partial charge >= 0.3 is 6.18 Å². The predicted molar refractivity (Wildman–Crippen MR) is 100 cm³/mol. The van der Waals surface area contributed by atoms with Gasteiger partial charge < -0.3 is 10.1 Å². The first-order valence-corrected chi connectivity index (χ1v) is 9.32. The second-order valence-corrected chi connectivity index (χ2v) is 6.80. The summed E-state index contributed by atoms with van der Waals surface area (Å²) in [5, 5.41) is 3.59. The summed E-state index contributed by atoms with van der Waals surface area (Å²) < 4.78 is 45.7. The number of hydrogen-bond acceptors (Lipinski definition) is 3. The molecule has 2 aromatic carbocycles. The van der Waals surface area contributed by atoms with Crippen molar-refractivity contribution in [2.45, 2.75) is 19.1 Å². The number of nitrogens with one attached hydrogen (secondary N) is 1. The fourth-order valence-electron chi connectivity index (χ4n) is 3.42. The van der Waals surface area contributed by atoms with Crippen LogP contribution in [0.15, 0.2) is 42.5 Å². The van der Waals surface area contributed by atoms with Crippen molar-refractivity contribution in [1.29, 1.82) is 0 Å². The fraction of sp³-hybridized carbons (Fsp3) is 0.400. The topological polar surface area (TPSA) is 24.5 Å². The number of para-hydroxylation sites is 1. The Bertz CT molecular complexity index is 776. The Labute approximate surface area is 162 Å². The molecule has 27 heavy (non-hydrogen) atoms. The van der Waals surface area contributed by atoms with Gasteiger partial charge in [-0.25, -0.2) is 0 Å². The first-order valence-electron chi connectivity index (χ1n) is 8.95. The molecule has 1 aliphatic rings. The van der Waals surface area contributed by atoms with Gasteiger partial charge in [0.2, 0.25) is 0 Å². The van der Waals surface area contributed by atoms with Crippen molar-refractivity contribution in [3.05, 3.63) is 64.2 Å². The van der Waals surface area contributed by atoms with Crippen LogP contribution in [0.1, 0.15) is 29.7 Å². The van der Waals surface area contributed by atoms with Gasteiger partial charge in [-0.1, -0.05) is 29.8 Å². The van der Waals surface area contributed by atoms with Gasteiger partial charge in [0.1, 0.15) is 5.75 Å². The summed E-state index contributed by atoms with van der Waals surface area (Å²) in [6.07, 6.45) is -4.42. The third kappa shape index (κ3) is 4.57. The lowest BCUT2D eigenvalue weighted by Crippen LogP contribution is -2.45. The summed E-state index contributed by atoms with van der Waals surface area (Å²) in [6, 6.07) is 10.6. The average molecular weight is 399 g/mol. The Morgan fingerprint density at radius 3 is 2.48 bits per heavy atom. The first kappa shape index (κ1) is 20.0. The molecule has 3 rings (SSSR count). The molecule has 0 bridgehead atoms. The smallest absolute Gasteiger partial charge is 0.416 e. The molecule has 1 heterocycles. The summed E-state index contributed by atoms with van der Waals surface area (Å²) in [5.74, 6) is 0.664. The number of ether oxygens (including phenoxy) is 1. The minimum Gasteiger partial charge on any atom is -0.494 e. The summed E-state index contributed by atoms with van der Waals surface area (Å²) in [5.41, 5.74) is 0.568. The zero-order valence-electron chi connectivity index (χ0n) is 15.0. The van der Waals surface area contributed by atoms with Crippen LogP contribution in [0.5, 0.6) is 5.75 Å². The van der Waals surface area contributed by atoms with E-state index in [2.05, 4.69) is 10.2 Å². The Kier molecular flexibility index (Phi) is 6.29. The van der Waals surface area contributed by atoms with Crippen molar-refractivity contribution in [3.63, 3.8) is 0 Å². The Morgan fingerprint density at radius 1 is 1.11 bits per heavy atom. The highest BCUT2D eigenvalue weighted by Crippen LogP contribution is 2.40. The van der Waals surface area contributed by atoms with E-state index in [1.165, 1.54) is 6.07 Å². The van der Waals surface area contributed by atoms with Gasteiger partial charge in [-0.05, 0) is 36.8 Å². The molecule has 1 unspecified atom stereocenters. The Morgan fingerprint density at radius 2 is 1.81 bits per heavy atom. The van der Waals surface area contributed by atoms with Crippen LogP contribution in [-0.4, -0.2) is 37.7 Å². The van der Waals surface area contributed by atoms with Gasteiger partial charge in [0.05, 0.1) is 18.2 Å². The lowest BCUT2D eigenvalue weighted by atomic mass is 9.94. The molecule has 7 heteroatoms. The van der Waals surface area contributed by atoms with Crippen LogP contribution in [0.3, 0.4) is 0 Å². The second kappa shape index (κ2) is 8.50. The maximum Gasteiger partial charge on any atom is 0.416 e. The maximum atomic E-state index is 13.3. The van der Waals surface area contributed by atoms with Crippen molar-refractivity contribution in [2.75, 3.05) is 32.8 Å². The summed E-state index contributed by atoms with van der Waals surface area (Å²) in [4.78, 5) is 2.15. The number of alkyl halides is 3. The van der Waals surface area contributed by atoms with Crippen molar-refractivity contribution in [2.24, 2.45) is 0 Å². The lowest BCUT2D eigenvalue weighted by molar-refractivity contribution is -0.137. The van der Waals surface area contributed by atoms with Gasteiger partial charge in [0.25, 0.3) is 0 Å². The van der Waals surface area contributed by atoms with Gasteiger partial charge in [-0.15, -0.1) is 0 Å². The van der Waals surface area contributed by atoms with Crippen LogP contribution in [0.25, 0.3) is 0 Å². The highest BCUT2D eigenvalue weighted by atomic mass is 35.5.